The maximum Gasteiger partial charge on any atom is 0.186 e. The van der Waals surface area contributed by atoms with Gasteiger partial charge in [-0.2, -0.15) is 0 Å². The number of hydrogen-bond donors (Lipinski definition) is 12. The van der Waals surface area contributed by atoms with Gasteiger partial charge in [-0.15, -0.1) is 0 Å². The van der Waals surface area contributed by atoms with E-state index in [9.17, 15) is 56.2 Å². The molecule has 2 rings (SSSR count). The summed E-state index contributed by atoms with van der Waals surface area (Å²) in [5.74, 6) is 0. The molecule has 0 saturated carbocycles. The SMILES string of the molecule is OC[C@H](O)[C@@H](O)[C@H](O)[C@H](O)CO[C@H]1O[C@H](CO[C@H]2O[C@H](CO)[C@H](O)[C@H](O)[C@H]2O)[C@H](O)[C@H](O)[C@H]1O. The van der Waals surface area contributed by atoms with E-state index in [1.807, 2.05) is 0 Å². The van der Waals surface area contributed by atoms with E-state index in [0.29, 0.717) is 0 Å². The van der Waals surface area contributed by atoms with Crippen LogP contribution in [0.15, 0.2) is 0 Å². The van der Waals surface area contributed by atoms with Crippen molar-refractivity contribution >= 4 is 0 Å². The van der Waals surface area contributed by atoms with Crippen molar-refractivity contribution in [3.63, 3.8) is 0 Å². The third kappa shape index (κ3) is 6.77. The second-order valence-corrected chi connectivity index (χ2v) is 8.18. The highest BCUT2D eigenvalue weighted by Crippen LogP contribution is 2.26. The number of hydrogen-bond acceptors (Lipinski definition) is 16. The van der Waals surface area contributed by atoms with Gasteiger partial charge in [-0.1, -0.05) is 0 Å². The van der Waals surface area contributed by atoms with Crippen LogP contribution in [0.3, 0.4) is 0 Å². The van der Waals surface area contributed by atoms with Crippen LogP contribution in [0.5, 0.6) is 0 Å². The molecule has 16 heteroatoms. The summed E-state index contributed by atoms with van der Waals surface area (Å²) in [4.78, 5) is 0. The first-order chi connectivity index (χ1) is 15.9. The molecule has 34 heavy (non-hydrogen) atoms. The predicted molar refractivity (Wildman–Crippen MR) is 103 cm³/mol. The number of aliphatic hydroxyl groups excluding tert-OH is 12. The standard InChI is InChI=1S/C18H34O16/c19-1-5(21)9(23)10(24)6(22)3-31-17-16(30)14(28)12(26)8(34-17)4-32-18-15(29)13(27)11(25)7(2-20)33-18/h5-30H,1-4H2/t5-,6+,7+,8+,9+,10+,11-,12-,13-,14-,15+,16+,17-,18-/m0/s1. The molecule has 14 atom stereocenters. The molecular weight excluding hydrogens is 472 g/mol. The first kappa shape index (κ1) is 29.6. The van der Waals surface area contributed by atoms with Crippen LogP contribution < -0.4 is 0 Å². The lowest BCUT2D eigenvalue weighted by molar-refractivity contribution is -0.333. The number of aliphatic hydroxyl groups is 12. The molecule has 0 aromatic rings. The average Bonchev–Trinajstić information content (AvgIpc) is 2.84. The molecule has 2 fully saturated rings. The van der Waals surface area contributed by atoms with Crippen LogP contribution in [-0.4, -0.2) is 174 Å². The first-order valence-electron chi connectivity index (χ1n) is 10.5. The van der Waals surface area contributed by atoms with E-state index in [-0.39, 0.29) is 0 Å². The lowest BCUT2D eigenvalue weighted by Crippen LogP contribution is -2.62. The zero-order chi connectivity index (χ0) is 25.7. The van der Waals surface area contributed by atoms with E-state index < -0.39 is 112 Å². The average molecular weight is 506 g/mol. The van der Waals surface area contributed by atoms with Crippen LogP contribution in [0.4, 0.5) is 0 Å². The second kappa shape index (κ2) is 13.1. The van der Waals surface area contributed by atoms with Crippen LogP contribution in [0.25, 0.3) is 0 Å². The molecule has 0 aromatic heterocycles. The van der Waals surface area contributed by atoms with Gasteiger partial charge in [-0.25, -0.2) is 0 Å². The molecule has 0 amide bonds. The molecule has 0 unspecified atom stereocenters. The molecule has 2 heterocycles. The summed E-state index contributed by atoms with van der Waals surface area (Å²) in [6.07, 6.45) is -23.8. The van der Waals surface area contributed by atoms with E-state index in [1.165, 1.54) is 0 Å². The second-order valence-electron chi connectivity index (χ2n) is 8.18. The summed E-state index contributed by atoms with van der Waals surface area (Å²) in [5, 5.41) is 117. The molecule has 202 valence electrons. The topological polar surface area (TPSA) is 280 Å². The van der Waals surface area contributed by atoms with Gasteiger partial charge in [0.1, 0.15) is 73.2 Å². The van der Waals surface area contributed by atoms with Gasteiger partial charge in [-0.05, 0) is 0 Å². The first-order valence-corrected chi connectivity index (χ1v) is 10.5. The van der Waals surface area contributed by atoms with Gasteiger partial charge in [0.05, 0.1) is 26.4 Å². The quantitative estimate of drug-likeness (QED) is 0.124. The molecule has 0 aliphatic carbocycles. The van der Waals surface area contributed by atoms with E-state index in [1.54, 1.807) is 0 Å². The minimum Gasteiger partial charge on any atom is -0.394 e. The highest BCUT2D eigenvalue weighted by atomic mass is 16.7. The molecule has 2 aliphatic rings. The highest BCUT2D eigenvalue weighted by Gasteiger charge is 2.47. The summed E-state index contributed by atoms with van der Waals surface area (Å²) in [6, 6.07) is 0. The monoisotopic (exact) mass is 506 g/mol. The Bertz CT molecular complexity index is 596. The fourth-order valence-corrected chi connectivity index (χ4v) is 3.44. The fraction of sp³-hybridized carbons (Fsp3) is 1.00. The number of rotatable bonds is 11. The van der Waals surface area contributed by atoms with E-state index in [4.69, 9.17) is 24.1 Å². The summed E-state index contributed by atoms with van der Waals surface area (Å²) in [6.45, 7) is -2.97. The Morgan fingerprint density at radius 3 is 1.59 bits per heavy atom. The van der Waals surface area contributed by atoms with Crippen molar-refractivity contribution < 1.29 is 80.2 Å². The van der Waals surface area contributed by atoms with E-state index >= 15 is 0 Å². The summed E-state index contributed by atoms with van der Waals surface area (Å²) in [7, 11) is 0. The normalized spacial score (nSPS) is 42.7. The van der Waals surface area contributed by atoms with Crippen molar-refractivity contribution in [1.29, 1.82) is 0 Å². The largest absolute Gasteiger partial charge is 0.394 e. The van der Waals surface area contributed by atoms with Crippen molar-refractivity contribution in [2.45, 2.75) is 85.8 Å². The molecule has 2 aliphatic heterocycles. The van der Waals surface area contributed by atoms with E-state index in [0.717, 1.165) is 0 Å². The van der Waals surface area contributed by atoms with Crippen LogP contribution in [0, 0.1) is 0 Å². The van der Waals surface area contributed by atoms with Gasteiger partial charge in [0.25, 0.3) is 0 Å². The Kier molecular flexibility index (Phi) is 11.4. The molecule has 0 bridgehead atoms. The highest BCUT2D eigenvalue weighted by molar-refractivity contribution is 4.92. The third-order valence-corrected chi connectivity index (χ3v) is 5.70. The minimum atomic E-state index is -1.95. The Balaban J connectivity index is 1.95. The molecule has 16 nitrogen and oxygen atoms in total. The fourth-order valence-electron chi connectivity index (χ4n) is 3.44. The zero-order valence-corrected chi connectivity index (χ0v) is 17.9. The Hall–Kier alpha value is -0.640. The van der Waals surface area contributed by atoms with Crippen LogP contribution in [-0.2, 0) is 18.9 Å². The molecule has 0 aromatic carbocycles. The zero-order valence-electron chi connectivity index (χ0n) is 17.9. The van der Waals surface area contributed by atoms with Crippen molar-refractivity contribution in [3.8, 4) is 0 Å². The maximum absolute atomic E-state index is 10.2. The third-order valence-electron chi connectivity index (χ3n) is 5.70. The van der Waals surface area contributed by atoms with Crippen molar-refractivity contribution in [2.75, 3.05) is 26.4 Å². The molecular formula is C18H34O16. The summed E-state index contributed by atoms with van der Waals surface area (Å²) in [5.41, 5.74) is 0. The van der Waals surface area contributed by atoms with Crippen molar-refractivity contribution in [2.24, 2.45) is 0 Å². The van der Waals surface area contributed by atoms with Crippen molar-refractivity contribution in [3.05, 3.63) is 0 Å². The van der Waals surface area contributed by atoms with Gasteiger partial charge in [-0.3, -0.25) is 0 Å². The predicted octanol–water partition coefficient (Wildman–Crippen LogP) is -7.94. The lowest BCUT2D eigenvalue weighted by atomic mass is 9.98. The van der Waals surface area contributed by atoms with Crippen LogP contribution in [0.2, 0.25) is 0 Å². The van der Waals surface area contributed by atoms with Crippen LogP contribution in [0.1, 0.15) is 0 Å². The maximum atomic E-state index is 10.2. The summed E-state index contributed by atoms with van der Waals surface area (Å²) >= 11 is 0. The Labute approximate surface area is 193 Å². The smallest absolute Gasteiger partial charge is 0.186 e. The lowest BCUT2D eigenvalue weighted by Gasteiger charge is -2.42. The van der Waals surface area contributed by atoms with Crippen molar-refractivity contribution in [1.82, 2.24) is 0 Å². The van der Waals surface area contributed by atoms with Gasteiger partial charge < -0.3 is 80.2 Å². The van der Waals surface area contributed by atoms with Gasteiger partial charge >= 0.3 is 0 Å². The summed E-state index contributed by atoms with van der Waals surface area (Å²) < 4.78 is 20.8. The van der Waals surface area contributed by atoms with Gasteiger partial charge in [0.2, 0.25) is 0 Å². The molecule has 12 N–H and O–H groups in total. The molecule has 0 spiro atoms. The Morgan fingerprint density at radius 1 is 0.588 bits per heavy atom. The Morgan fingerprint density at radius 2 is 1.06 bits per heavy atom. The van der Waals surface area contributed by atoms with Gasteiger partial charge in [0.15, 0.2) is 12.6 Å². The molecule has 2 saturated heterocycles. The van der Waals surface area contributed by atoms with E-state index in [2.05, 4.69) is 0 Å². The van der Waals surface area contributed by atoms with Crippen LogP contribution >= 0.6 is 0 Å². The minimum absolute atomic E-state index is 0.597. The number of ether oxygens (including phenoxy) is 4. The molecule has 0 radical (unpaired) electrons. The van der Waals surface area contributed by atoms with Gasteiger partial charge in [0, 0.05) is 0 Å².